The van der Waals surface area contributed by atoms with Gasteiger partial charge in [-0.1, -0.05) is 78.4 Å². The summed E-state index contributed by atoms with van der Waals surface area (Å²) >= 11 is 0. The van der Waals surface area contributed by atoms with Crippen molar-refractivity contribution >= 4 is 24.9 Å². The highest BCUT2D eigenvalue weighted by Gasteiger charge is 2.76. The number of hydrogen-bond donors (Lipinski definition) is 0. The Balaban J connectivity index is 2.49. The largest absolute Gasteiger partial charge is 0.357 e. The molecule has 1 fully saturated rings. The molecule has 0 aromatic heterocycles. The number of nitrogens with zero attached hydrogens (tertiary/aromatic N) is 1. The van der Waals surface area contributed by atoms with Crippen molar-refractivity contribution < 1.29 is 0 Å². The summed E-state index contributed by atoms with van der Waals surface area (Å²) in [5.74, 6) is 0. The Morgan fingerprint density at radius 3 is 1.14 bits per heavy atom. The Bertz CT molecular complexity index is 836. The predicted molar refractivity (Wildman–Crippen MR) is 133 cm³/mol. The predicted octanol–water partition coefficient (Wildman–Crippen LogP) is 5.58. The molecule has 0 saturated carbocycles. The van der Waals surface area contributed by atoms with E-state index in [-0.39, 0.29) is 10.9 Å². The van der Waals surface area contributed by atoms with E-state index in [9.17, 15) is 0 Å². The van der Waals surface area contributed by atoms with Gasteiger partial charge < -0.3 is 4.48 Å². The fourth-order valence-corrected chi connectivity index (χ4v) is 14.5. The summed E-state index contributed by atoms with van der Waals surface area (Å²) < 4.78 is 2.94. The van der Waals surface area contributed by atoms with Crippen molar-refractivity contribution in [1.29, 1.82) is 0 Å². The first kappa shape index (κ1) is 22.4. The second-order valence-electron chi connectivity index (χ2n) is 11.6. The molecule has 29 heavy (non-hydrogen) atoms. The Hall–Kier alpha value is -1.32. The van der Waals surface area contributed by atoms with Crippen molar-refractivity contribution in [2.75, 3.05) is 0 Å². The van der Waals surface area contributed by atoms with E-state index in [4.69, 9.17) is 0 Å². The van der Waals surface area contributed by atoms with Crippen molar-refractivity contribution in [3.63, 3.8) is 0 Å². The molecule has 2 aromatic carbocycles. The molecular formula is C26H40BNSi. The molecule has 1 saturated heterocycles. The third-order valence-corrected chi connectivity index (χ3v) is 13.1. The minimum atomic E-state index is -2.13. The van der Waals surface area contributed by atoms with Crippen LogP contribution in [-0.4, -0.2) is 24.6 Å². The van der Waals surface area contributed by atoms with Crippen molar-refractivity contribution in [3.05, 3.63) is 57.6 Å². The van der Waals surface area contributed by atoms with Gasteiger partial charge in [-0.05, 0) is 83.5 Å². The Morgan fingerprint density at radius 1 is 0.621 bits per heavy atom. The first-order valence-corrected chi connectivity index (χ1v) is 13.1. The molecule has 3 rings (SSSR count). The molecule has 0 amide bonds. The molecule has 1 aliphatic rings. The Kier molecular flexibility index (Phi) is 5.28. The van der Waals surface area contributed by atoms with Crippen LogP contribution in [0.3, 0.4) is 0 Å². The highest BCUT2D eigenvalue weighted by Crippen LogP contribution is 2.52. The molecule has 1 aliphatic heterocycles. The quantitative estimate of drug-likeness (QED) is 0.466. The van der Waals surface area contributed by atoms with Gasteiger partial charge in [-0.25, -0.2) is 0 Å². The topological polar surface area (TPSA) is 3.01 Å². The van der Waals surface area contributed by atoms with Gasteiger partial charge in [0.1, 0.15) is 0 Å². The van der Waals surface area contributed by atoms with Crippen LogP contribution in [0.5, 0.6) is 0 Å². The zero-order chi connectivity index (χ0) is 22.1. The number of benzene rings is 2. The zero-order valence-corrected chi connectivity index (χ0v) is 21.8. The van der Waals surface area contributed by atoms with Crippen LogP contribution in [0.25, 0.3) is 0 Å². The summed E-state index contributed by atoms with van der Waals surface area (Å²) in [6.45, 7) is 28.4. The van der Waals surface area contributed by atoms with Gasteiger partial charge in [0.15, 0.2) is 8.11 Å². The van der Waals surface area contributed by atoms with E-state index < -0.39 is 8.11 Å². The van der Waals surface area contributed by atoms with Crippen LogP contribution in [0.4, 0.5) is 0 Å². The number of rotatable bonds is 2. The first-order valence-electron chi connectivity index (χ1n) is 11.1. The normalized spacial score (nSPS) is 18.9. The van der Waals surface area contributed by atoms with Crippen molar-refractivity contribution in [2.24, 2.45) is 0 Å². The fourth-order valence-electron chi connectivity index (χ4n) is 6.42. The maximum atomic E-state index is 2.94. The molecule has 1 heterocycles. The SMILES string of the molecule is Cc1cc(C)c([Si]2(c3c(C)cc(C)cc3C)B(C(C)(C)C)N2C(C)(C)C)c(C)c1. The Labute approximate surface area is 181 Å². The van der Waals surface area contributed by atoms with Crippen LogP contribution < -0.4 is 10.4 Å². The van der Waals surface area contributed by atoms with Gasteiger partial charge in [-0.3, -0.25) is 0 Å². The monoisotopic (exact) mass is 405 g/mol. The van der Waals surface area contributed by atoms with Crippen LogP contribution in [0.1, 0.15) is 74.9 Å². The molecular weight excluding hydrogens is 365 g/mol. The van der Waals surface area contributed by atoms with Crippen LogP contribution >= 0.6 is 0 Å². The van der Waals surface area contributed by atoms with Crippen molar-refractivity contribution in [3.8, 4) is 0 Å². The third kappa shape index (κ3) is 3.45. The maximum absolute atomic E-state index is 2.94. The van der Waals surface area contributed by atoms with E-state index in [0.29, 0.717) is 6.44 Å². The summed E-state index contributed by atoms with van der Waals surface area (Å²) in [6.07, 6.45) is 0.593. The van der Waals surface area contributed by atoms with Crippen LogP contribution in [-0.2, 0) is 0 Å². The molecule has 1 unspecified atom stereocenters. The van der Waals surface area contributed by atoms with Crippen molar-refractivity contribution in [2.45, 2.75) is 93.9 Å². The lowest BCUT2D eigenvalue weighted by Crippen LogP contribution is -2.59. The highest BCUT2D eigenvalue weighted by molar-refractivity contribution is 7.57. The summed E-state index contributed by atoms with van der Waals surface area (Å²) in [4.78, 5) is 0. The molecule has 0 bridgehead atoms. The molecule has 0 radical (unpaired) electrons. The zero-order valence-electron chi connectivity index (χ0n) is 20.8. The molecule has 1 atom stereocenters. The van der Waals surface area contributed by atoms with E-state index in [0.717, 1.165) is 0 Å². The van der Waals surface area contributed by atoms with E-state index >= 15 is 0 Å². The van der Waals surface area contributed by atoms with Crippen LogP contribution in [0.2, 0.25) is 5.31 Å². The van der Waals surface area contributed by atoms with E-state index in [1.54, 1.807) is 10.4 Å². The second-order valence-corrected chi connectivity index (χ2v) is 15.2. The summed E-state index contributed by atoms with van der Waals surface area (Å²) in [7, 11) is -2.13. The molecule has 2 aromatic rings. The minimum absolute atomic E-state index is 0.137. The highest BCUT2D eigenvalue weighted by atomic mass is 28.3. The molecule has 0 aliphatic carbocycles. The molecule has 156 valence electrons. The minimum Gasteiger partial charge on any atom is -0.357 e. The average molecular weight is 406 g/mol. The van der Waals surface area contributed by atoms with Gasteiger partial charge in [0, 0.05) is 0 Å². The number of aryl methyl sites for hydroxylation is 6. The first-order chi connectivity index (χ1) is 13.1. The van der Waals surface area contributed by atoms with Crippen LogP contribution in [0.15, 0.2) is 24.3 Å². The lowest BCUT2D eigenvalue weighted by molar-refractivity contribution is 0.390. The molecule has 1 nitrogen and oxygen atoms in total. The lowest BCUT2D eigenvalue weighted by Gasteiger charge is -2.33. The smallest absolute Gasteiger partial charge is 0.241 e. The number of hydrogen-bond acceptors (Lipinski definition) is 1. The molecule has 3 heteroatoms. The van der Waals surface area contributed by atoms with Gasteiger partial charge >= 0.3 is 0 Å². The van der Waals surface area contributed by atoms with E-state index in [2.05, 4.69) is 112 Å². The summed E-state index contributed by atoms with van der Waals surface area (Å²) in [6, 6.07) is 9.65. The van der Waals surface area contributed by atoms with Gasteiger partial charge in [0.05, 0.1) is 0 Å². The molecule has 0 N–H and O–H groups in total. The maximum Gasteiger partial charge on any atom is 0.241 e. The third-order valence-electron chi connectivity index (χ3n) is 6.63. The molecule has 0 spiro atoms. The van der Waals surface area contributed by atoms with Gasteiger partial charge in [-0.15, -0.1) is 0 Å². The van der Waals surface area contributed by atoms with Gasteiger partial charge in [0.2, 0.25) is 6.44 Å². The van der Waals surface area contributed by atoms with E-state index in [1.807, 2.05) is 0 Å². The average Bonchev–Trinajstić information content (AvgIpc) is 3.15. The van der Waals surface area contributed by atoms with Gasteiger partial charge in [-0.2, -0.15) is 0 Å². The Morgan fingerprint density at radius 2 is 0.931 bits per heavy atom. The van der Waals surface area contributed by atoms with Crippen molar-refractivity contribution in [1.82, 2.24) is 4.48 Å². The second kappa shape index (κ2) is 6.85. The lowest BCUT2D eigenvalue weighted by atomic mass is 9.62. The summed E-state index contributed by atoms with van der Waals surface area (Å²) in [5, 5.41) is 3.55. The fraction of sp³-hybridized carbons (Fsp3) is 0.538. The summed E-state index contributed by atoms with van der Waals surface area (Å²) in [5.41, 5.74) is 8.81. The van der Waals surface area contributed by atoms with E-state index in [1.165, 1.54) is 33.4 Å². The standard InChI is InChI=1S/C26H40BNSi/c1-17-13-19(3)23(20(4)14-17)29(24-21(5)15-18(2)16-22(24)6)27(25(7,8)9)28(29)26(10,11)12/h13-16H,1-12H3. The van der Waals surface area contributed by atoms with Crippen LogP contribution in [0, 0.1) is 41.5 Å². The van der Waals surface area contributed by atoms with Gasteiger partial charge in [0.25, 0.3) is 0 Å².